The van der Waals surface area contributed by atoms with Crippen molar-refractivity contribution in [2.75, 3.05) is 11.4 Å². The summed E-state index contributed by atoms with van der Waals surface area (Å²) in [5.41, 5.74) is 0. The van der Waals surface area contributed by atoms with E-state index in [1.54, 1.807) is 6.20 Å². The summed E-state index contributed by atoms with van der Waals surface area (Å²) in [7, 11) is 0. The van der Waals surface area contributed by atoms with E-state index in [4.69, 9.17) is 0 Å². The van der Waals surface area contributed by atoms with Crippen molar-refractivity contribution in [2.24, 2.45) is 5.92 Å². The number of hydrogen-bond donors (Lipinski definition) is 0. The zero-order valence-electron chi connectivity index (χ0n) is 9.73. The van der Waals surface area contributed by atoms with Crippen LogP contribution in [-0.2, 0) is 0 Å². The topological polar surface area (TPSA) is 33.2 Å². The van der Waals surface area contributed by atoms with Crippen LogP contribution in [0.25, 0.3) is 0 Å². The number of carbonyl (C=O) groups is 1. The molecule has 1 heterocycles. The van der Waals surface area contributed by atoms with Gasteiger partial charge in [0, 0.05) is 12.6 Å². The molecule has 1 aromatic rings. The van der Waals surface area contributed by atoms with Crippen LogP contribution in [0.1, 0.15) is 37.4 Å². The van der Waals surface area contributed by atoms with Crippen molar-refractivity contribution in [2.45, 2.75) is 33.7 Å². The molecule has 0 spiro atoms. The molecule has 0 unspecified atom stereocenters. The van der Waals surface area contributed by atoms with Gasteiger partial charge >= 0.3 is 0 Å². The van der Waals surface area contributed by atoms with E-state index < -0.39 is 0 Å². The van der Waals surface area contributed by atoms with Crippen LogP contribution in [0.3, 0.4) is 0 Å². The lowest BCUT2D eigenvalue weighted by Crippen LogP contribution is -2.33. The van der Waals surface area contributed by atoms with Crippen LogP contribution in [0.4, 0.5) is 5.13 Å². The average Bonchev–Trinajstić information content (AvgIpc) is 2.61. The van der Waals surface area contributed by atoms with Gasteiger partial charge in [0.15, 0.2) is 11.4 Å². The molecule has 0 aliphatic carbocycles. The average molecular weight is 226 g/mol. The predicted molar refractivity (Wildman–Crippen MR) is 64.8 cm³/mol. The summed E-state index contributed by atoms with van der Waals surface area (Å²) in [5, 5.41) is 0.945. The number of aromatic nitrogens is 1. The number of hydrogen-bond acceptors (Lipinski definition) is 4. The Morgan fingerprint density at radius 1 is 1.47 bits per heavy atom. The van der Waals surface area contributed by atoms with Crippen LogP contribution in [0.15, 0.2) is 6.20 Å². The quantitative estimate of drug-likeness (QED) is 0.724. The third-order valence-electron chi connectivity index (χ3n) is 2.06. The van der Waals surface area contributed by atoms with E-state index in [2.05, 4.69) is 37.6 Å². The Morgan fingerprint density at radius 2 is 2.13 bits per heavy atom. The molecule has 0 atom stereocenters. The molecular weight excluding hydrogens is 208 g/mol. The second kappa shape index (κ2) is 5.26. The van der Waals surface area contributed by atoms with E-state index in [0.717, 1.165) is 18.0 Å². The van der Waals surface area contributed by atoms with Crippen molar-refractivity contribution in [3.8, 4) is 0 Å². The van der Waals surface area contributed by atoms with Gasteiger partial charge in [-0.2, -0.15) is 0 Å². The fourth-order valence-corrected chi connectivity index (χ4v) is 2.24. The van der Waals surface area contributed by atoms with E-state index in [1.165, 1.54) is 11.3 Å². The SMILES string of the molecule is CC(C)CN(c1ncc(C=O)s1)C(C)C. The summed E-state index contributed by atoms with van der Waals surface area (Å²) in [4.78, 5) is 17.8. The lowest BCUT2D eigenvalue weighted by Gasteiger charge is -2.27. The van der Waals surface area contributed by atoms with Gasteiger partial charge in [-0.05, 0) is 19.8 Å². The van der Waals surface area contributed by atoms with E-state index in [1.807, 2.05) is 0 Å². The predicted octanol–water partition coefficient (Wildman–Crippen LogP) is 2.83. The van der Waals surface area contributed by atoms with Crippen LogP contribution in [0.5, 0.6) is 0 Å². The van der Waals surface area contributed by atoms with E-state index in [-0.39, 0.29) is 0 Å². The minimum absolute atomic E-state index is 0.415. The van der Waals surface area contributed by atoms with Gasteiger partial charge in [0.05, 0.1) is 11.1 Å². The van der Waals surface area contributed by atoms with Gasteiger partial charge in [0.25, 0.3) is 0 Å². The first-order chi connectivity index (χ1) is 7.04. The standard InChI is InChI=1S/C11H18N2OS/c1-8(2)6-13(9(3)4)11-12-5-10(7-14)15-11/h5,7-9H,6H2,1-4H3. The second-order valence-corrected chi connectivity index (χ2v) is 5.34. The molecule has 0 N–H and O–H groups in total. The van der Waals surface area contributed by atoms with Crippen molar-refractivity contribution in [3.05, 3.63) is 11.1 Å². The fourth-order valence-electron chi connectivity index (χ4n) is 1.37. The van der Waals surface area contributed by atoms with Crippen molar-refractivity contribution >= 4 is 22.8 Å². The van der Waals surface area contributed by atoms with E-state index >= 15 is 0 Å². The molecular formula is C11H18N2OS. The Bertz CT molecular complexity index is 320. The van der Waals surface area contributed by atoms with Crippen LogP contribution >= 0.6 is 11.3 Å². The number of aldehydes is 1. The van der Waals surface area contributed by atoms with Crippen molar-refractivity contribution in [1.29, 1.82) is 0 Å². The van der Waals surface area contributed by atoms with Crippen molar-refractivity contribution < 1.29 is 4.79 Å². The molecule has 3 nitrogen and oxygen atoms in total. The summed E-state index contributed by atoms with van der Waals surface area (Å²) in [5.74, 6) is 0.594. The lowest BCUT2D eigenvalue weighted by molar-refractivity contribution is 0.112. The number of nitrogens with zero attached hydrogens (tertiary/aromatic N) is 2. The Kier molecular flexibility index (Phi) is 4.27. The summed E-state index contributed by atoms with van der Waals surface area (Å²) in [6.07, 6.45) is 2.50. The Hall–Kier alpha value is -0.900. The first kappa shape index (κ1) is 12.2. The maximum Gasteiger partial charge on any atom is 0.186 e. The third-order valence-corrected chi connectivity index (χ3v) is 3.02. The molecule has 15 heavy (non-hydrogen) atoms. The number of thiazole rings is 1. The number of rotatable bonds is 5. The first-order valence-electron chi connectivity index (χ1n) is 5.22. The molecule has 84 valence electrons. The summed E-state index contributed by atoms with van der Waals surface area (Å²) in [6.45, 7) is 9.63. The lowest BCUT2D eigenvalue weighted by atomic mass is 10.2. The maximum atomic E-state index is 10.6. The van der Waals surface area contributed by atoms with E-state index in [9.17, 15) is 4.79 Å². The smallest absolute Gasteiger partial charge is 0.186 e. The fraction of sp³-hybridized carbons (Fsp3) is 0.636. The zero-order valence-corrected chi connectivity index (χ0v) is 10.5. The van der Waals surface area contributed by atoms with Crippen LogP contribution in [0.2, 0.25) is 0 Å². The highest BCUT2D eigenvalue weighted by Crippen LogP contribution is 2.24. The number of anilines is 1. The van der Waals surface area contributed by atoms with Gasteiger partial charge in [0.1, 0.15) is 0 Å². The van der Waals surface area contributed by atoms with Gasteiger partial charge in [-0.3, -0.25) is 4.79 Å². The van der Waals surface area contributed by atoms with Crippen LogP contribution in [0, 0.1) is 5.92 Å². The first-order valence-corrected chi connectivity index (χ1v) is 6.04. The highest BCUT2D eigenvalue weighted by Gasteiger charge is 2.15. The second-order valence-electron chi connectivity index (χ2n) is 4.30. The Balaban J connectivity index is 2.83. The molecule has 0 aromatic carbocycles. The van der Waals surface area contributed by atoms with Crippen LogP contribution < -0.4 is 4.90 Å². The number of carbonyl (C=O) groups excluding carboxylic acids is 1. The highest BCUT2D eigenvalue weighted by molar-refractivity contribution is 7.17. The maximum absolute atomic E-state index is 10.6. The van der Waals surface area contributed by atoms with Gasteiger partial charge in [-0.25, -0.2) is 4.98 Å². The van der Waals surface area contributed by atoms with Crippen molar-refractivity contribution in [3.63, 3.8) is 0 Å². The van der Waals surface area contributed by atoms with E-state index in [0.29, 0.717) is 16.8 Å². The molecule has 0 aliphatic heterocycles. The van der Waals surface area contributed by atoms with Gasteiger partial charge < -0.3 is 4.90 Å². The molecule has 0 saturated heterocycles. The van der Waals surface area contributed by atoms with Gasteiger partial charge in [-0.15, -0.1) is 0 Å². The Morgan fingerprint density at radius 3 is 2.53 bits per heavy atom. The molecule has 0 bridgehead atoms. The summed E-state index contributed by atoms with van der Waals surface area (Å²) in [6, 6.07) is 0.415. The summed E-state index contributed by atoms with van der Waals surface area (Å²) >= 11 is 1.46. The van der Waals surface area contributed by atoms with Gasteiger partial charge in [0.2, 0.25) is 0 Å². The molecule has 1 aromatic heterocycles. The molecule has 0 amide bonds. The molecule has 0 saturated carbocycles. The molecule has 0 radical (unpaired) electrons. The minimum Gasteiger partial charge on any atom is -0.345 e. The third kappa shape index (κ3) is 3.30. The largest absolute Gasteiger partial charge is 0.345 e. The highest BCUT2D eigenvalue weighted by atomic mass is 32.1. The molecule has 0 fully saturated rings. The molecule has 4 heteroatoms. The minimum atomic E-state index is 0.415. The monoisotopic (exact) mass is 226 g/mol. The zero-order chi connectivity index (χ0) is 11.4. The Labute approximate surface area is 95.1 Å². The van der Waals surface area contributed by atoms with Gasteiger partial charge in [-0.1, -0.05) is 25.2 Å². The molecule has 1 rings (SSSR count). The normalized spacial score (nSPS) is 11.1. The van der Waals surface area contributed by atoms with Crippen LogP contribution in [-0.4, -0.2) is 23.9 Å². The summed E-state index contributed by atoms with van der Waals surface area (Å²) < 4.78 is 0. The molecule has 0 aliphatic rings. The van der Waals surface area contributed by atoms with Crippen molar-refractivity contribution in [1.82, 2.24) is 4.98 Å².